The quantitative estimate of drug-likeness (QED) is 0.840. The van der Waals surface area contributed by atoms with Gasteiger partial charge in [-0.2, -0.15) is 0 Å². The van der Waals surface area contributed by atoms with Crippen molar-refractivity contribution in [2.45, 2.75) is 0 Å². The SMILES string of the molecule is COc1ccc(Cl)cc1Nc1ncnc(Cl)c1Br. The molecule has 0 amide bonds. The Kier molecular flexibility index (Phi) is 4.27. The molecule has 4 nitrogen and oxygen atoms in total. The van der Waals surface area contributed by atoms with Crippen molar-refractivity contribution in [1.29, 1.82) is 0 Å². The van der Waals surface area contributed by atoms with Crippen molar-refractivity contribution >= 4 is 50.6 Å². The van der Waals surface area contributed by atoms with Gasteiger partial charge in [-0.1, -0.05) is 23.2 Å². The van der Waals surface area contributed by atoms with Crippen LogP contribution in [0.1, 0.15) is 0 Å². The highest BCUT2D eigenvalue weighted by Gasteiger charge is 2.10. The molecule has 1 aromatic heterocycles. The normalized spacial score (nSPS) is 10.2. The summed E-state index contributed by atoms with van der Waals surface area (Å²) in [4.78, 5) is 7.94. The molecule has 2 rings (SSSR count). The van der Waals surface area contributed by atoms with Crippen LogP contribution in [0.5, 0.6) is 5.75 Å². The number of benzene rings is 1. The molecule has 0 radical (unpaired) electrons. The molecule has 94 valence electrons. The number of hydrogen-bond donors (Lipinski definition) is 1. The molecule has 1 N–H and O–H groups in total. The summed E-state index contributed by atoms with van der Waals surface area (Å²) in [6.07, 6.45) is 1.37. The Morgan fingerprint density at radius 2 is 2.06 bits per heavy atom. The lowest BCUT2D eigenvalue weighted by molar-refractivity contribution is 0.417. The highest BCUT2D eigenvalue weighted by Crippen LogP contribution is 2.33. The Labute approximate surface area is 122 Å². The molecule has 1 heterocycles. The Morgan fingerprint density at radius 3 is 2.78 bits per heavy atom. The molecule has 1 aromatic carbocycles. The Hall–Kier alpha value is -1.04. The first-order valence-electron chi connectivity index (χ1n) is 4.88. The van der Waals surface area contributed by atoms with Gasteiger partial charge in [0, 0.05) is 5.02 Å². The number of hydrogen-bond acceptors (Lipinski definition) is 4. The third-order valence-electron chi connectivity index (χ3n) is 2.16. The number of nitrogens with zero attached hydrogens (tertiary/aromatic N) is 2. The Morgan fingerprint density at radius 1 is 1.28 bits per heavy atom. The smallest absolute Gasteiger partial charge is 0.149 e. The van der Waals surface area contributed by atoms with E-state index in [0.29, 0.717) is 31.9 Å². The van der Waals surface area contributed by atoms with E-state index in [2.05, 4.69) is 31.2 Å². The fraction of sp³-hybridized carbons (Fsp3) is 0.0909. The molecule has 0 aliphatic carbocycles. The molecule has 0 bridgehead atoms. The Balaban J connectivity index is 2.39. The van der Waals surface area contributed by atoms with Crippen LogP contribution in [0.25, 0.3) is 0 Å². The van der Waals surface area contributed by atoms with Gasteiger partial charge in [0.05, 0.1) is 17.3 Å². The number of methoxy groups -OCH3 is 1. The standard InChI is InChI=1S/C11H8BrCl2N3O/c1-18-8-3-2-6(13)4-7(8)17-11-9(12)10(14)15-5-16-11/h2-5H,1H3,(H,15,16,17). The van der Waals surface area contributed by atoms with Gasteiger partial charge in [-0.05, 0) is 34.1 Å². The van der Waals surface area contributed by atoms with Gasteiger partial charge in [-0.3, -0.25) is 0 Å². The number of rotatable bonds is 3. The van der Waals surface area contributed by atoms with Gasteiger partial charge in [-0.15, -0.1) is 0 Å². The van der Waals surface area contributed by atoms with Crippen LogP contribution in [0.4, 0.5) is 11.5 Å². The first kappa shape index (κ1) is 13.4. The van der Waals surface area contributed by atoms with E-state index in [1.807, 2.05) is 0 Å². The van der Waals surface area contributed by atoms with Crippen LogP contribution in [0.2, 0.25) is 10.2 Å². The maximum Gasteiger partial charge on any atom is 0.149 e. The Bertz CT molecular complexity index is 580. The highest BCUT2D eigenvalue weighted by molar-refractivity contribution is 9.10. The molecule has 0 saturated carbocycles. The zero-order valence-corrected chi connectivity index (χ0v) is 12.3. The molecule has 0 aliphatic rings. The number of nitrogens with one attached hydrogen (secondary N) is 1. The van der Waals surface area contributed by atoms with Crippen LogP contribution < -0.4 is 10.1 Å². The van der Waals surface area contributed by atoms with Crippen molar-refractivity contribution < 1.29 is 4.74 Å². The summed E-state index contributed by atoms with van der Waals surface area (Å²) in [5.74, 6) is 1.19. The molecule has 18 heavy (non-hydrogen) atoms. The summed E-state index contributed by atoms with van der Waals surface area (Å²) in [6, 6.07) is 5.25. The monoisotopic (exact) mass is 347 g/mol. The summed E-state index contributed by atoms with van der Waals surface area (Å²) < 4.78 is 5.81. The van der Waals surface area contributed by atoms with Crippen LogP contribution >= 0.6 is 39.1 Å². The molecule has 2 aromatic rings. The zero-order valence-electron chi connectivity index (χ0n) is 9.25. The van der Waals surface area contributed by atoms with Crippen LogP contribution in [0.15, 0.2) is 29.0 Å². The number of aromatic nitrogens is 2. The summed E-state index contributed by atoms with van der Waals surface area (Å²) in [5.41, 5.74) is 0.695. The third kappa shape index (κ3) is 2.85. The van der Waals surface area contributed by atoms with Gasteiger partial charge >= 0.3 is 0 Å². The molecule has 0 unspecified atom stereocenters. The predicted octanol–water partition coefficient (Wildman–Crippen LogP) is 4.30. The average molecular weight is 349 g/mol. The maximum atomic E-state index is 5.94. The molecule has 0 atom stereocenters. The van der Waals surface area contributed by atoms with Crippen LogP contribution in [-0.4, -0.2) is 17.1 Å². The van der Waals surface area contributed by atoms with E-state index in [1.54, 1.807) is 25.3 Å². The fourth-order valence-electron chi connectivity index (χ4n) is 1.34. The molecule has 0 spiro atoms. The van der Waals surface area contributed by atoms with E-state index in [9.17, 15) is 0 Å². The van der Waals surface area contributed by atoms with E-state index < -0.39 is 0 Å². The van der Waals surface area contributed by atoms with Gasteiger partial charge in [0.1, 0.15) is 23.0 Å². The number of anilines is 2. The van der Waals surface area contributed by atoms with Gasteiger partial charge in [0.15, 0.2) is 0 Å². The summed E-state index contributed by atoms with van der Waals surface area (Å²) in [5, 5.41) is 4.00. The van der Waals surface area contributed by atoms with Crippen molar-refractivity contribution in [3.8, 4) is 5.75 Å². The first-order chi connectivity index (χ1) is 8.61. The number of halogens is 3. The second-order valence-electron chi connectivity index (χ2n) is 3.30. The summed E-state index contributed by atoms with van der Waals surface area (Å²) >= 11 is 15.1. The predicted molar refractivity (Wildman–Crippen MR) is 76.0 cm³/mol. The lowest BCUT2D eigenvalue weighted by Gasteiger charge is -2.12. The summed E-state index contributed by atoms with van der Waals surface area (Å²) in [6.45, 7) is 0. The minimum atomic E-state index is 0.327. The van der Waals surface area contributed by atoms with Crippen LogP contribution in [0.3, 0.4) is 0 Å². The second-order valence-corrected chi connectivity index (χ2v) is 4.88. The molecule has 0 fully saturated rings. The van der Waals surface area contributed by atoms with Crippen molar-refractivity contribution in [2.24, 2.45) is 0 Å². The van der Waals surface area contributed by atoms with Gasteiger partial charge in [0.25, 0.3) is 0 Å². The maximum absolute atomic E-state index is 5.94. The topological polar surface area (TPSA) is 47.0 Å². The summed E-state index contributed by atoms with van der Waals surface area (Å²) in [7, 11) is 1.58. The molecule has 0 aliphatic heterocycles. The van der Waals surface area contributed by atoms with E-state index in [4.69, 9.17) is 27.9 Å². The van der Waals surface area contributed by atoms with Crippen molar-refractivity contribution in [3.63, 3.8) is 0 Å². The first-order valence-corrected chi connectivity index (χ1v) is 6.43. The molecular weight excluding hydrogens is 341 g/mol. The highest BCUT2D eigenvalue weighted by atomic mass is 79.9. The molecule has 7 heteroatoms. The average Bonchev–Trinajstić information content (AvgIpc) is 2.35. The number of ether oxygens (including phenoxy) is 1. The van der Waals surface area contributed by atoms with Gasteiger partial charge in [0.2, 0.25) is 0 Å². The minimum Gasteiger partial charge on any atom is -0.495 e. The lowest BCUT2D eigenvalue weighted by Crippen LogP contribution is -1.98. The molecular formula is C11H8BrCl2N3O. The van der Waals surface area contributed by atoms with Crippen LogP contribution in [-0.2, 0) is 0 Å². The van der Waals surface area contributed by atoms with E-state index in [1.165, 1.54) is 6.33 Å². The van der Waals surface area contributed by atoms with Gasteiger partial charge < -0.3 is 10.1 Å². The van der Waals surface area contributed by atoms with Crippen LogP contribution in [0, 0.1) is 0 Å². The second kappa shape index (κ2) is 5.73. The van der Waals surface area contributed by atoms with Crippen molar-refractivity contribution in [1.82, 2.24) is 9.97 Å². The zero-order chi connectivity index (χ0) is 13.1. The van der Waals surface area contributed by atoms with E-state index >= 15 is 0 Å². The lowest BCUT2D eigenvalue weighted by atomic mass is 10.3. The molecule has 0 saturated heterocycles. The largest absolute Gasteiger partial charge is 0.495 e. The third-order valence-corrected chi connectivity index (χ3v) is 3.66. The fourth-order valence-corrected chi connectivity index (χ4v) is 1.95. The van der Waals surface area contributed by atoms with E-state index in [-0.39, 0.29) is 0 Å². The van der Waals surface area contributed by atoms with Crippen molar-refractivity contribution in [2.75, 3.05) is 12.4 Å². The van der Waals surface area contributed by atoms with E-state index in [0.717, 1.165) is 0 Å². The van der Waals surface area contributed by atoms with Crippen molar-refractivity contribution in [3.05, 3.63) is 39.2 Å². The minimum absolute atomic E-state index is 0.327. The van der Waals surface area contributed by atoms with Gasteiger partial charge in [-0.25, -0.2) is 9.97 Å².